The highest BCUT2D eigenvalue weighted by molar-refractivity contribution is 9.10. The smallest absolute Gasteiger partial charge is 0.286 e. The maximum atomic E-state index is 11.4. The van der Waals surface area contributed by atoms with E-state index in [-0.39, 0.29) is 5.91 Å². The first-order valence-corrected chi connectivity index (χ1v) is 6.32. The molecular formula is C12H14BrN3O2. The number of furan rings is 1. The van der Waals surface area contributed by atoms with Crippen LogP contribution in [-0.4, -0.2) is 22.7 Å². The van der Waals surface area contributed by atoms with Crippen molar-refractivity contribution in [2.45, 2.75) is 20.4 Å². The molecule has 2 aromatic rings. The van der Waals surface area contributed by atoms with Gasteiger partial charge in [0, 0.05) is 7.05 Å². The summed E-state index contributed by atoms with van der Waals surface area (Å²) in [5.41, 5.74) is 1.97. The van der Waals surface area contributed by atoms with Crippen LogP contribution in [0.4, 0.5) is 0 Å². The van der Waals surface area contributed by atoms with E-state index in [0.29, 0.717) is 18.1 Å². The monoisotopic (exact) mass is 311 g/mol. The van der Waals surface area contributed by atoms with Crippen molar-refractivity contribution in [2.75, 3.05) is 7.05 Å². The van der Waals surface area contributed by atoms with Gasteiger partial charge in [-0.1, -0.05) is 0 Å². The van der Waals surface area contributed by atoms with E-state index in [0.717, 1.165) is 15.9 Å². The standard InChI is InChI=1S/C12H14BrN3O2/c1-7-11(13)8(2)16(15-7)6-9-4-5-10(18-9)12(17)14-3/h4-5H,6H2,1-3H3,(H,14,17). The Morgan fingerprint density at radius 3 is 2.78 bits per heavy atom. The molecule has 0 fully saturated rings. The Hall–Kier alpha value is -1.56. The van der Waals surface area contributed by atoms with Gasteiger partial charge < -0.3 is 9.73 Å². The van der Waals surface area contributed by atoms with Crippen LogP contribution in [-0.2, 0) is 6.54 Å². The summed E-state index contributed by atoms with van der Waals surface area (Å²) in [6.07, 6.45) is 0. The highest BCUT2D eigenvalue weighted by Crippen LogP contribution is 2.21. The summed E-state index contributed by atoms with van der Waals surface area (Å²) in [5, 5.41) is 6.91. The number of nitrogens with one attached hydrogen (secondary N) is 1. The molecule has 0 unspecified atom stereocenters. The largest absolute Gasteiger partial charge is 0.454 e. The molecular weight excluding hydrogens is 298 g/mol. The molecule has 2 aromatic heterocycles. The normalized spacial score (nSPS) is 10.7. The number of nitrogens with zero attached hydrogens (tertiary/aromatic N) is 2. The van der Waals surface area contributed by atoms with E-state index < -0.39 is 0 Å². The van der Waals surface area contributed by atoms with Gasteiger partial charge in [-0.25, -0.2) is 0 Å². The second-order valence-corrected chi connectivity index (χ2v) is 4.78. The molecule has 0 saturated carbocycles. The Morgan fingerprint density at radius 1 is 1.50 bits per heavy atom. The summed E-state index contributed by atoms with van der Waals surface area (Å²) in [7, 11) is 1.57. The van der Waals surface area contributed by atoms with Crippen molar-refractivity contribution >= 4 is 21.8 Å². The first kappa shape index (κ1) is 12.9. The fraction of sp³-hybridized carbons (Fsp3) is 0.333. The average Bonchev–Trinajstić information content (AvgIpc) is 2.91. The molecule has 1 amide bonds. The van der Waals surface area contributed by atoms with Crippen LogP contribution in [0, 0.1) is 13.8 Å². The van der Waals surface area contributed by atoms with Gasteiger partial charge in [-0.05, 0) is 41.9 Å². The van der Waals surface area contributed by atoms with Gasteiger partial charge in [-0.2, -0.15) is 5.10 Å². The van der Waals surface area contributed by atoms with Crippen molar-refractivity contribution in [1.29, 1.82) is 0 Å². The highest BCUT2D eigenvalue weighted by Gasteiger charge is 2.13. The molecule has 96 valence electrons. The third-order valence-electron chi connectivity index (χ3n) is 2.71. The predicted molar refractivity (Wildman–Crippen MR) is 70.6 cm³/mol. The van der Waals surface area contributed by atoms with Gasteiger partial charge in [0.05, 0.1) is 22.4 Å². The van der Waals surface area contributed by atoms with Crippen LogP contribution < -0.4 is 5.32 Å². The van der Waals surface area contributed by atoms with E-state index >= 15 is 0 Å². The number of hydrogen-bond donors (Lipinski definition) is 1. The minimum absolute atomic E-state index is 0.226. The zero-order chi connectivity index (χ0) is 13.3. The lowest BCUT2D eigenvalue weighted by Gasteiger charge is -2.01. The van der Waals surface area contributed by atoms with E-state index in [9.17, 15) is 4.79 Å². The topological polar surface area (TPSA) is 60.1 Å². The Morgan fingerprint density at radius 2 is 2.22 bits per heavy atom. The molecule has 18 heavy (non-hydrogen) atoms. The molecule has 0 aromatic carbocycles. The van der Waals surface area contributed by atoms with Gasteiger partial charge in [0.2, 0.25) is 0 Å². The molecule has 0 aliphatic carbocycles. The maximum absolute atomic E-state index is 11.4. The van der Waals surface area contributed by atoms with E-state index in [1.54, 1.807) is 19.2 Å². The molecule has 2 heterocycles. The minimum Gasteiger partial charge on any atom is -0.454 e. The third kappa shape index (κ3) is 2.33. The van der Waals surface area contributed by atoms with Crippen molar-refractivity contribution < 1.29 is 9.21 Å². The quantitative estimate of drug-likeness (QED) is 0.946. The lowest BCUT2D eigenvalue weighted by atomic mass is 10.4. The van der Waals surface area contributed by atoms with Gasteiger partial charge in [-0.3, -0.25) is 9.48 Å². The van der Waals surface area contributed by atoms with Gasteiger partial charge in [0.25, 0.3) is 5.91 Å². The minimum atomic E-state index is -0.226. The third-order valence-corrected chi connectivity index (χ3v) is 3.86. The van der Waals surface area contributed by atoms with Gasteiger partial charge in [0.1, 0.15) is 5.76 Å². The number of aryl methyl sites for hydroxylation is 1. The number of carbonyl (C=O) groups excluding carboxylic acids is 1. The number of amides is 1. The molecule has 2 rings (SSSR count). The second-order valence-electron chi connectivity index (χ2n) is 3.99. The van der Waals surface area contributed by atoms with Gasteiger partial charge in [-0.15, -0.1) is 0 Å². The fourth-order valence-electron chi connectivity index (χ4n) is 1.68. The lowest BCUT2D eigenvalue weighted by molar-refractivity contribution is 0.0933. The van der Waals surface area contributed by atoms with E-state index in [2.05, 4.69) is 26.3 Å². The number of halogens is 1. The number of rotatable bonds is 3. The molecule has 0 saturated heterocycles. The summed E-state index contributed by atoms with van der Waals surface area (Å²) in [5.74, 6) is 0.788. The van der Waals surface area contributed by atoms with Crippen LogP contribution in [0.2, 0.25) is 0 Å². The van der Waals surface area contributed by atoms with Crippen molar-refractivity contribution in [3.8, 4) is 0 Å². The highest BCUT2D eigenvalue weighted by atomic mass is 79.9. The summed E-state index contributed by atoms with van der Waals surface area (Å²) in [4.78, 5) is 11.4. The zero-order valence-electron chi connectivity index (χ0n) is 10.5. The summed E-state index contributed by atoms with van der Waals surface area (Å²) >= 11 is 3.47. The first-order chi connectivity index (χ1) is 8.52. The molecule has 0 radical (unpaired) electrons. The molecule has 0 spiro atoms. The van der Waals surface area contributed by atoms with E-state index in [1.807, 2.05) is 18.5 Å². The number of aromatic nitrogens is 2. The van der Waals surface area contributed by atoms with Crippen LogP contribution in [0.3, 0.4) is 0 Å². The van der Waals surface area contributed by atoms with Crippen molar-refractivity contribution in [3.63, 3.8) is 0 Å². The summed E-state index contributed by atoms with van der Waals surface area (Å²) in [6.45, 7) is 4.42. The fourth-order valence-corrected chi connectivity index (χ4v) is 1.97. The Balaban J connectivity index is 2.21. The number of carbonyl (C=O) groups is 1. The van der Waals surface area contributed by atoms with Crippen LogP contribution in [0.25, 0.3) is 0 Å². The molecule has 6 heteroatoms. The Kier molecular flexibility index (Phi) is 3.56. The molecule has 5 nitrogen and oxygen atoms in total. The molecule has 0 bridgehead atoms. The van der Waals surface area contributed by atoms with Gasteiger partial charge in [0.15, 0.2) is 5.76 Å². The SMILES string of the molecule is CNC(=O)c1ccc(Cn2nc(C)c(Br)c2C)o1. The lowest BCUT2D eigenvalue weighted by Crippen LogP contribution is -2.16. The zero-order valence-corrected chi connectivity index (χ0v) is 12.0. The van der Waals surface area contributed by atoms with Crippen molar-refractivity contribution in [1.82, 2.24) is 15.1 Å². The van der Waals surface area contributed by atoms with Crippen molar-refractivity contribution in [3.05, 3.63) is 39.5 Å². The van der Waals surface area contributed by atoms with Crippen molar-refractivity contribution in [2.24, 2.45) is 0 Å². The van der Waals surface area contributed by atoms with Gasteiger partial charge >= 0.3 is 0 Å². The predicted octanol–water partition coefficient (Wildman–Crippen LogP) is 2.26. The molecule has 0 aliphatic rings. The van der Waals surface area contributed by atoms with Crippen LogP contribution in [0.1, 0.15) is 27.7 Å². The Labute approximate surface area is 113 Å². The van der Waals surface area contributed by atoms with E-state index in [4.69, 9.17) is 4.42 Å². The van der Waals surface area contributed by atoms with Crippen LogP contribution >= 0.6 is 15.9 Å². The molecule has 0 atom stereocenters. The maximum Gasteiger partial charge on any atom is 0.286 e. The van der Waals surface area contributed by atoms with E-state index in [1.165, 1.54) is 0 Å². The second kappa shape index (κ2) is 4.97. The molecule has 0 aliphatic heterocycles. The number of hydrogen-bond acceptors (Lipinski definition) is 3. The average molecular weight is 312 g/mol. The Bertz CT molecular complexity index is 586. The van der Waals surface area contributed by atoms with Crippen LogP contribution in [0.5, 0.6) is 0 Å². The first-order valence-electron chi connectivity index (χ1n) is 5.53. The van der Waals surface area contributed by atoms with Crippen LogP contribution in [0.15, 0.2) is 21.0 Å². The molecule has 1 N–H and O–H groups in total. The summed E-state index contributed by atoms with van der Waals surface area (Å²) < 4.78 is 8.30. The summed E-state index contributed by atoms with van der Waals surface area (Å²) in [6, 6.07) is 3.45.